The third-order valence-electron chi connectivity index (χ3n) is 3.97. The molecule has 0 saturated carbocycles. The van der Waals surface area contributed by atoms with Crippen molar-refractivity contribution in [3.8, 4) is 34.5 Å². The molecule has 3 rings (SSSR count). The Hall–Kier alpha value is -3.33. The first kappa shape index (κ1) is 17.5. The topological polar surface area (TPSA) is 84.0 Å². The molecule has 0 aliphatic rings. The minimum atomic E-state index is 0.363. The van der Waals surface area contributed by atoms with Crippen LogP contribution in [0.2, 0.25) is 0 Å². The van der Waals surface area contributed by atoms with Gasteiger partial charge in [-0.05, 0) is 42.7 Å². The summed E-state index contributed by atoms with van der Waals surface area (Å²) in [5, 5.41) is 19.6. The van der Waals surface area contributed by atoms with Crippen LogP contribution in [-0.2, 0) is 0 Å². The molecule has 0 aliphatic heterocycles. The lowest BCUT2D eigenvalue weighted by atomic mass is 10.1. The van der Waals surface area contributed by atoms with Gasteiger partial charge in [-0.2, -0.15) is 9.99 Å². The van der Waals surface area contributed by atoms with Crippen LogP contribution in [0.5, 0.6) is 5.75 Å². The Balaban J connectivity index is 1.88. The highest BCUT2D eigenvalue weighted by Gasteiger charge is 2.14. The van der Waals surface area contributed by atoms with E-state index in [2.05, 4.69) is 29.9 Å². The molecule has 0 fully saturated rings. The Kier molecular flexibility index (Phi) is 5.18. The number of imidazole rings is 1. The van der Waals surface area contributed by atoms with E-state index in [9.17, 15) is 10.5 Å². The van der Waals surface area contributed by atoms with Crippen LogP contribution in [-0.4, -0.2) is 26.5 Å². The summed E-state index contributed by atoms with van der Waals surface area (Å²) in [5.74, 6) is 1.44. The van der Waals surface area contributed by atoms with Crippen LogP contribution >= 0.6 is 0 Å². The van der Waals surface area contributed by atoms with Crippen LogP contribution in [0.4, 0.5) is 0 Å². The first-order valence-electron chi connectivity index (χ1n) is 8.45. The maximum Gasteiger partial charge on any atom is 0.175 e. The first-order chi connectivity index (χ1) is 12.6. The van der Waals surface area contributed by atoms with Crippen molar-refractivity contribution in [3.63, 3.8) is 0 Å². The van der Waals surface area contributed by atoms with Gasteiger partial charge in [-0.25, -0.2) is 4.98 Å². The van der Waals surface area contributed by atoms with Gasteiger partial charge in [0.2, 0.25) is 0 Å². The highest BCUT2D eigenvalue weighted by atomic mass is 16.5. The molecule has 1 aromatic carbocycles. The van der Waals surface area contributed by atoms with Crippen LogP contribution in [0.25, 0.3) is 22.6 Å². The second-order valence-electron chi connectivity index (χ2n) is 6.38. The fourth-order valence-corrected chi connectivity index (χ4v) is 2.52. The molecule has 0 radical (unpaired) electrons. The van der Waals surface area contributed by atoms with Crippen molar-refractivity contribution in [1.29, 1.82) is 5.26 Å². The number of hydrogen-bond donors (Lipinski definition) is 1. The van der Waals surface area contributed by atoms with Crippen LogP contribution in [0.3, 0.4) is 0 Å². The van der Waals surface area contributed by atoms with E-state index in [4.69, 9.17) is 4.74 Å². The number of hydrogen-bond acceptors (Lipinski definition) is 5. The van der Waals surface area contributed by atoms with E-state index < -0.39 is 0 Å². The second-order valence-corrected chi connectivity index (χ2v) is 6.38. The summed E-state index contributed by atoms with van der Waals surface area (Å²) in [4.78, 5) is 8.45. The Morgan fingerprint density at radius 3 is 2.65 bits per heavy atom. The van der Waals surface area contributed by atoms with Crippen LogP contribution < -0.4 is 4.74 Å². The predicted molar refractivity (Wildman–Crippen MR) is 97.7 cm³/mol. The molecule has 6 nitrogen and oxygen atoms in total. The third kappa shape index (κ3) is 3.83. The average molecular weight is 348 g/mol. The van der Waals surface area contributed by atoms with Crippen molar-refractivity contribution in [3.05, 3.63) is 54.5 Å². The largest absolute Gasteiger partial charge is 0.492 e. The van der Waals surface area contributed by atoms with E-state index in [0.717, 1.165) is 16.7 Å². The van der Waals surface area contributed by atoms with Crippen LogP contribution in [0, 0.1) is 17.2 Å². The standard InChI is InChI=1S/C20H20N4O2/c1-14(2)7-10-26-19-4-3-16(11-17(19)12-21)20-23-18(13-24(20)25)15-5-8-22-9-6-15/h3-6,8-9,11,13-14,25H,7,10H2,1-2H3. The van der Waals surface area contributed by atoms with E-state index in [-0.39, 0.29) is 0 Å². The van der Waals surface area contributed by atoms with Gasteiger partial charge in [-0.1, -0.05) is 13.8 Å². The lowest BCUT2D eigenvalue weighted by Crippen LogP contribution is -2.03. The van der Waals surface area contributed by atoms with Gasteiger partial charge >= 0.3 is 0 Å². The Labute approximate surface area is 152 Å². The minimum absolute atomic E-state index is 0.363. The molecule has 0 aliphatic carbocycles. The first-order valence-corrected chi connectivity index (χ1v) is 8.45. The van der Waals surface area contributed by atoms with Gasteiger partial charge in [0, 0.05) is 23.5 Å². The van der Waals surface area contributed by atoms with Gasteiger partial charge < -0.3 is 9.94 Å². The van der Waals surface area contributed by atoms with Gasteiger partial charge in [0.1, 0.15) is 11.8 Å². The second kappa shape index (κ2) is 7.70. The molecule has 2 aromatic heterocycles. The maximum absolute atomic E-state index is 10.2. The zero-order chi connectivity index (χ0) is 18.5. The predicted octanol–water partition coefficient (Wildman–Crippen LogP) is 4.15. The lowest BCUT2D eigenvalue weighted by Gasteiger charge is -2.10. The molecule has 2 heterocycles. The fourth-order valence-electron chi connectivity index (χ4n) is 2.52. The Morgan fingerprint density at radius 2 is 1.96 bits per heavy atom. The molecule has 1 N–H and O–H groups in total. The van der Waals surface area contributed by atoms with Crippen molar-refractivity contribution < 1.29 is 9.94 Å². The van der Waals surface area contributed by atoms with E-state index in [1.807, 2.05) is 12.1 Å². The number of pyridine rings is 1. The van der Waals surface area contributed by atoms with E-state index >= 15 is 0 Å². The van der Waals surface area contributed by atoms with Crippen molar-refractivity contribution in [2.75, 3.05) is 6.61 Å². The maximum atomic E-state index is 10.2. The van der Waals surface area contributed by atoms with E-state index in [1.54, 1.807) is 30.6 Å². The number of aromatic nitrogens is 3. The summed E-state index contributed by atoms with van der Waals surface area (Å²) >= 11 is 0. The molecule has 0 amide bonds. The number of nitriles is 1. The van der Waals surface area contributed by atoms with E-state index in [0.29, 0.717) is 40.9 Å². The van der Waals surface area contributed by atoms with Gasteiger partial charge in [0.05, 0.1) is 24.1 Å². The highest BCUT2D eigenvalue weighted by Crippen LogP contribution is 2.28. The summed E-state index contributed by atoms with van der Waals surface area (Å²) in [5.41, 5.74) is 2.53. The summed E-state index contributed by atoms with van der Waals surface area (Å²) in [6.45, 7) is 4.81. The highest BCUT2D eigenvalue weighted by molar-refractivity contribution is 5.66. The summed E-state index contributed by atoms with van der Waals surface area (Å²) in [6, 6.07) is 11.0. The monoisotopic (exact) mass is 348 g/mol. The molecule has 0 bridgehead atoms. The molecule has 3 aromatic rings. The summed E-state index contributed by atoms with van der Waals surface area (Å²) in [6.07, 6.45) is 5.79. The number of nitrogens with zero attached hydrogens (tertiary/aromatic N) is 4. The molecule has 0 saturated heterocycles. The molecule has 0 spiro atoms. The molecule has 0 atom stereocenters. The Bertz CT molecular complexity index is 927. The molecule has 26 heavy (non-hydrogen) atoms. The lowest BCUT2D eigenvalue weighted by molar-refractivity contribution is 0.191. The quantitative estimate of drug-likeness (QED) is 0.677. The van der Waals surface area contributed by atoms with Gasteiger partial charge in [0.15, 0.2) is 5.82 Å². The molecule has 132 valence electrons. The Morgan fingerprint density at radius 1 is 1.19 bits per heavy atom. The van der Waals surface area contributed by atoms with Crippen molar-refractivity contribution >= 4 is 0 Å². The zero-order valence-electron chi connectivity index (χ0n) is 14.8. The summed E-state index contributed by atoms with van der Waals surface area (Å²) < 4.78 is 6.68. The van der Waals surface area contributed by atoms with Gasteiger partial charge in [-0.3, -0.25) is 4.98 Å². The number of rotatable bonds is 6. The number of benzene rings is 1. The number of ether oxygens (including phenoxy) is 1. The molecular weight excluding hydrogens is 328 g/mol. The smallest absolute Gasteiger partial charge is 0.175 e. The van der Waals surface area contributed by atoms with Gasteiger partial charge in [0.25, 0.3) is 0 Å². The minimum Gasteiger partial charge on any atom is -0.492 e. The molecule has 0 unspecified atom stereocenters. The average Bonchev–Trinajstić information content (AvgIpc) is 3.04. The fraction of sp³-hybridized carbons (Fsp3) is 0.250. The molecular formula is C20H20N4O2. The van der Waals surface area contributed by atoms with Crippen LogP contribution in [0.15, 0.2) is 48.9 Å². The summed E-state index contributed by atoms with van der Waals surface area (Å²) in [7, 11) is 0. The SMILES string of the molecule is CC(C)CCOc1ccc(-c2nc(-c3ccncc3)cn2O)cc1C#N. The van der Waals surface area contributed by atoms with Crippen molar-refractivity contribution in [2.45, 2.75) is 20.3 Å². The van der Waals surface area contributed by atoms with Crippen molar-refractivity contribution in [2.24, 2.45) is 5.92 Å². The third-order valence-corrected chi connectivity index (χ3v) is 3.97. The van der Waals surface area contributed by atoms with E-state index in [1.165, 1.54) is 6.20 Å². The van der Waals surface area contributed by atoms with Crippen molar-refractivity contribution in [1.82, 2.24) is 14.7 Å². The van der Waals surface area contributed by atoms with Gasteiger partial charge in [-0.15, -0.1) is 0 Å². The zero-order valence-corrected chi connectivity index (χ0v) is 14.8. The molecule has 6 heteroatoms. The van der Waals surface area contributed by atoms with Crippen LogP contribution in [0.1, 0.15) is 25.8 Å². The normalized spacial score (nSPS) is 10.7.